The Morgan fingerprint density at radius 1 is 1.17 bits per heavy atom. The molecule has 2 N–H and O–H groups in total. The highest BCUT2D eigenvalue weighted by atomic mass is 16.5. The Balaban J connectivity index is 1.74. The summed E-state index contributed by atoms with van der Waals surface area (Å²) in [6.07, 6.45) is 4.63. The van der Waals surface area contributed by atoms with Crippen LogP contribution in [0.3, 0.4) is 0 Å². The van der Waals surface area contributed by atoms with E-state index in [1.165, 1.54) is 30.0 Å². The number of nitriles is 1. The molecule has 150 valence electrons. The van der Waals surface area contributed by atoms with Crippen LogP contribution in [0.25, 0.3) is 0 Å². The van der Waals surface area contributed by atoms with Gasteiger partial charge in [-0.25, -0.2) is 4.79 Å². The van der Waals surface area contributed by atoms with Gasteiger partial charge in [-0.05, 0) is 38.0 Å². The fourth-order valence-corrected chi connectivity index (χ4v) is 3.71. The Labute approximate surface area is 167 Å². The molecular weight excluding hydrogens is 374 g/mol. The van der Waals surface area contributed by atoms with E-state index in [4.69, 9.17) is 15.7 Å². The van der Waals surface area contributed by atoms with E-state index in [2.05, 4.69) is 0 Å². The van der Waals surface area contributed by atoms with Gasteiger partial charge in [-0.1, -0.05) is 19.3 Å². The van der Waals surface area contributed by atoms with Gasteiger partial charge in [-0.3, -0.25) is 19.3 Å². The van der Waals surface area contributed by atoms with Crippen molar-refractivity contribution in [2.75, 3.05) is 6.61 Å². The first kappa shape index (κ1) is 20.3. The molecule has 1 aliphatic heterocycles. The van der Waals surface area contributed by atoms with Gasteiger partial charge in [0.05, 0.1) is 16.7 Å². The summed E-state index contributed by atoms with van der Waals surface area (Å²) < 4.78 is 4.95. The third-order valence-corrected chi connectivity index (χ3v) is 5.21. The molecule has 8 heteroatoms. The average molecular weight is 395 g/mol. The van der Waals surface area contributed by atoms with Crippen molar-refractivity contribution in [3.63, 3.8) is 0 Å². The molecule has 0 unspecified atom stereocenters. The topological polar surface area (TPSA) is 131 Å². The number of ether oxygens (including phenoxy) is 1. The summed E-state index contributed by atoms with van der Waals surface area (Å²) in [5, 5.41) is 8.92. The van der Waals surface area contributed by atoms with E-state index in [0.717, 1.165) is 32.1 Å². The number of ketones is 1. The summed E-state index contributed by atoms with van der Waals surface area (Å²) in [5.41, 5.74) is 5.70. The number of hydrogen-bond donors (Lipinski definition) is 1. The van der Waals surface area contributed by atoms with E-state index in [-0.39, 0.29) is 39.9 Å². The van der Waals surface area contributed by atoms with Gasteiger partial charge in [0.15, 0.2) is 6.61 Å². The lowest BCUT2D eigenvalue weighted by Gasteiger charge is -2.29. The summed E-state index contributed by atoms with van der Waals surface area (Å²) in [4.78, 5) is 51.0. The number of esters is 1. The number of hydrogen-bond acceptors (Lipinski definition) is 7. The molecule has 0 bridgehead atoms. The number of imide groups is 1. The van der Waals surface area contributed by atoms with Crippen molar-refractivity contribution in [1.29, 1.82) is 5.26 Å². The number of Topliss-reactive ketones (excluding diaryl/α,β-unsaturated/α-hetero) is 1. The maximum Gasteiger partial charge on any atom is 0.338 e. The molecule has 1 fully saturated rings. The van der Waals surface area contributed by atoms with Crippen LogP contribution < -0.4 is 5.73 Å². The second-order valence-corrected chi connectivity index (χ2v) is 7.20. The third kappa shape index (κ3) is 3.90. The van der Waals surface area contributed by atoms with E-state index in [1.54, 1.807) is 6.07 Å². The number of carbonyl (C=O) groups is 4. The maximum atomic E-state index is 12.8. The number of fused-ring (bicyclic) bond motifs is 1. The Morgan fingerprint density at radius 2 is 1.83 bits per heavy atom. The summed E-state index contributed by atoms with van der Waals surface area (Å²) in [7, 11) is 0. The van der Waals surface area contributed by atoms with Crippen molar-refractivity contribution in [3.8, 4) is 6.07 Å². The van der Waals surface area contributed by atoms with E-state index < -0.39 is 24.3 Å². The first-order chi connectivity index (χ1) is 13.8. The molecule has 3 rings (SSSR count). The molecule has 2 aliphatic rings. The van der Waals surface area contributed by atoms with Crippen LogP contribution >= 0.6 is 0 Å². The smallest absolute Gasteiger partial charge is 0.338 e. The van der Waals surface area contributed by atoms with Crippen LogP contribution in [0.5, 0.6) is 0 Å². The summed E-state index contributed by atoms with van der Waals surface area (Å²) >= 11 is 0. The van der Waals surface area contributed by atoms with Gasteiger partial charge in [-0.15, -0.1) is 0 Å². The predicted octanol–water partition coefficient (Wildman–Crippen LogP) is 2.10. The quantitative estimate of drug-likeness (QED) is 0.349. The Kier molecular flexibility index (Phi) is 5.78. The van der Waals surface area contributed by atoms with E-state index in [9.17, 15) is 19.2 Å². The predicted molar refractivity (Wildman–Crippen MR) is 102 cm³/mol. The zero-order valence-corrected chi connectivity index (χ0v) is 16.1. The number of allylic oxidation sites excluding steroid dienone is 1. The number of carbonyl (C=O) groups excluding carboxylic acids is 4. The van der Waals surface area contributed by atoms with Gasteiger partial charge in [-0.2, -0.15) is 5.26 Å². The second kappa shape index (κ2) is 8.27. The highest BCUT2D eigenvalue weighted by Crippen LogP contribution is 2.31. The molecule has 8 nitrogen and oxygen atoms in total. The first-order valence-corrected chi connectivity index (χ1v) is 9.44. The lowest BCUT2D eigenvalue weighted by Crippen LogP contribution is -2.40. The normalized spacial score (nSPS) is 17.4. The van der Waals surface area contributed by atoms with Gasteiger partial charge >= 0.3 is 5.97 Å². The number of benzene rings is 1. The van der Waals surface area contributed by atoms with Crippen molar-refractivity contribution in [2.45, 2.75) is 45.1 Å². The van der Waals surface area contributed by atoms with E-state index in [1.807, 2.05) is 0 Å². The molecule has 1 aromatic carbocycles. The number of rotatable bonds is 5. The molecule has 1 heterocycles. The molecule has 0 saturated heterocycles. The molecule has 0 aromatic heterocycles. The molecule has 0 spiro atoms. The first-order valence-electron chi connectivity index (χ1n) is 9.44. The van der Waals surface area contributed by atoms with Gasteiger partial charge in [0.25, 0.3) is 11.8 Å². The van der Waals surface area contributed by atoms with E-state index >= 15 is 0 Å². The van der Waals surface area contributed by atoms with Crippen molar-refractivity contribution in [2.24, 2.45) is 5.73 Å². The summed E-state index contributed by atoms with van der Waals surface area (Å²) in [6, 6.07) is 5.70. The van der Waals surface area contributed by atoms with Crippen LogP contribution in [-0.2, 0) is 9.53 Å². The Bertz CT molecular complexity index is 963. The number of amides is 2. The van der Waals surface area contributed by atoms with Crippen LogP contribution in [-0.4, -0.2) is 41.1 Å². The lowest BCUT2D eigenvalue weighted by molar-refractivity contribution is -0.118. The Hall–Kier alpha value is -3.47. The minimum absolute atomic E-state index is 0.0398. The molecule has 1 saturated carbocycles. The van der Waals surface area contributed by atoms with Crippen LogP contribution in [0.2, 0.25) is 0 Å². The van der Waals surface area contributed by atoms with Gasteiger partial charge < -0.3 is 10.5 Å². The van der Waals surface area contributed by atoms with Crippen molar-refractivity contribution < 1.29 is 23.9 Å². The Morgan fingerprint density at radius 3 is 2.45 bits per heavy atom. The van der Waals surface area contributed by atoms with Gasteiger partial charge in [0.2, 0.25) is 5.78 Å². The molecule has 1 aliphatic carbocycles. The summed E-state index contributed by atoms with van der Waals surface area (Å²) in [5.74, 6) is -2.29. The fourth-order valence-electron chi connectivity index (χ4n) is 3.71. The van der Waals surface area contributed by atoms with Crippen molar-refractivity contribution >= 4 is 23.6 Å². The standard InChI is InChI=1S/C21H21N3O5/c1-12(23)17(10-22)18(25)11-29-21(28)13-7-8-15-16(9-13)20(27)24(19(15)26)14-5-3-2-4-6-14/h7-9,14H,2-6,11,23H2,1H3/b17-12-. The SMILES string of the molecule is C/C(N)=C(\C#N)C(=O)COC(=O)c1ccc2c(c1)C(=O)N(C1CCCCC1)C2=O. The van der Waals surface area contributed by atoms with Crippen LogP contribution in [0.1, 0.15) is 70.1 Å². The highest BCUT2D eigenvalue weighted by Gasteiger charge is 2.40. The maximum absolute atomic E-state index is 12.8. The number of nitrogens with zero attached hydrogens (tertiary/aromatic N) is 2. The monoisotopic (exact) mass is 395 g/mol. The molecule has 1 aromatic rings. The van der Waals surface area contributed by atoms with Crippen LogP contribution in [0, 0.1) is 11.3 Å². The minimum atomic E-state index is -0.829. The molecule has 0 atom stereocenters. The van der Waals surface area contributed by atoms with Crippen molar-refractivity contribution in [1.82, 2.24) is 4.90 Å². The zero-order chi connectivity index (χ0) is 21.1. The van der Waals surface area contributed by atoms with Crippen LogP contribution in [0.15, 0.2) is 29.5 Å². The zero-order valence-electron chi connectivity index (χ0n) is 16.1. The average Bonchev–Trinajstić information content (AvgIpc) is 2.97. The van der Waals surface area contributed by atoms with E-state index in [0.29, 0.717) is 0 Å². The molecular formula is C21H21N3O5. The number of nitrogens with two attached hydrogens (primary N) is 1. The highest BCUT2D eigenvalue weighted by molar-refractivity contribution is 6.22. The van der Waals surface area contributed by atoms with Crippen molar-refractivity contribution in [3.05, 3.63) is 46.2 Å². The van der Waals surface area contributed by atoms with Crippen LogP contribution in [0.4, 0.5) is 0 Å². The molecule has 29 heavy (non-hydrogen) atoms. The third-order valence-electron chi connectivity index (χ3n) is 5.21. The van der Waals surface area contributed by atoms with Gasteiger partial charge in [0, 0.05) is 11.7 Å². The largest absolute Gasteiger partial charge is 0.454 e. The second-order valence-electron chi connectivity index (χ2n) is 7.20. The van der Waals surface area contributed by atoms with Gasteiger partial charge in [0.1, 0.15) is 11.6 Å². The summed E-state index contributed by atoms with van der Waals surface area (Å²) in [6.45, 7) is 0.758. The molecule has 0 radical (unpaired) electrons. The molecule has 2 amide bonds. The lowest BCUT2D eigenvalue weighted by atomic mass is 9.94. The fraction of sp³-hybridized carbons (Fsp3) is 0.381. The minimum Gasteiger partial charge on any atom is -0.454 e.